The van der Waals surface area contributed by atoms with Gasteiger partial charge in [0.05, 0.1) is 11.5 Å². The van der Waals surface area contributed by atoms with Gasteiger partial charge in [-0.2, -0.15) is 0 Å². The van der Waals surface area contributed by atoms with Crippen LogP contribution < -0.4 is 0 Å². The fourth-order valence-electron chi connectivity index (χ4n) is 2.99. The number of carbonyl (C=O) groups is 1. The van der Waals surface area contributed by atoms with Crippen molar-refractivity contribution in [2.24, 2.45) is 0 Å². The molecule has 0 unspecified atom stereocenters. The fraction of sp³-hybridized carbons (Fsp3) is 0.316. The van der Waals surface area contributed by atoms with Crippen LogP contribution in [-0.4, -0.2) is 37.6 Å². The highest BCUT2D eigenvalue weighted by Crippen LogP contribution is 2.22. The monoisotopic (exact) mass is 393 g/mol. The lowest BCUT2D eigenvalue weighted by molar-refractivity contribution is -0.126. The molecule has 7 heteroatoms. The van der Waals surface area contributed by atoms with Crippen LogP contribution in [0.2, 0.25) is 5.02 Å². The molecule has 0 N–H and O–H groups in total. The summed E-state index contributed by atoms with van der Waals surface area (Å²) in [6, 6.07) is 10.5. The zero-order valence-electron chi connectivity index (χ0n) is 14.2. The Hall–Kier alpha value is -2.05. The number of nitrogens with zero attached hydrogens (tertiary/aromatic N) is 1. The van der Waals surface area contributed by atoms with Gasteiger partial charge in [-0.3, -0.25) is 4.79 Å². The van der Waals surface area contributed by atoms with Gasteiger partial charge in [0.25, 0.3) is 0 Å². The number of hydrogen-bond donors (Lipinski definition) is 0. The van der Waals surface area contributed by atoms with Crippen molar-refractivity contribution in [2.75, 3.05) is 13.1 Å². The minimum Gasteiger partial charge on any atom is -0.468 e. The van der Waals surface area contributed by atoms with Crippen LogP contribution in [0.5, 0.6) is 0 Å². The second kappa shape index (κ2) is 8.10. The predicted molar refractivity (Wildman–Crippen MR) is 101 cm³/mol. The summed E-state index contributed by atoms with van der Waals surface area (Å²) in [5, 5.41) is 0.211. The van der Waals surface area contributed by atoms with Crippen LogP contribution in [0.15, 0.2) is 53.2 Å². The quantitative estimate of drug-likeness (QED) is 0.728. The Morgan fingerprint density at radius 2 is 1.88 bits per heavy atom. The van der Waals surface area contributed by atoms with Crippen molar-refractivity contribution in [3.8, 4) is 0 Å². The second-order valence-corrected chi connectivity index (χ2v) is 9.01. The molecule has 5 nitrogen and oxygen atoms in total. The third kappa shape index (κ3) is 4.77. The molecule has 0 atom stereocenters. The van der Waals surface area contributed by atoms with E-state index in [1.54, 1.807) is 35.2 Å². The van der Waals surface area contributed by atoms with E-state index in [1.165, 1.54) is 12.3 Å². The maximum atomic E-state index is 12.5. The van der Waals surface area contributed by atoms with Crippen LogP contribution in [0, 0.1) is 0 Å². The van der Waals surface area contributed by atoms with E-state index in [0.717, 1.165) is 5.56 Å². The van der Waals surface area contributed by atoms with Crippen molar-refractivity contribution in [3.63, 3.8) is 0 Å². The van der Waals surface area contributed by atoms with Gasteiger partial charge >= 0.3 is 0 Å². The fourth-order valence-corrected chi connectivity index (χ4v) is 4.84. The summed E-state index contributed by atoms with van der Waals surface area (Å²) in [6.07, 6.45) is 5.62. The third-order valence-corrected chi connectivity index (χ3v) is 6.90. The lowest BCUT2D eigenvalue weighted by atomic mass is 10.1. The highest BCUT2D eigenvalue weighted by atomic mass is 35.5. The van der Waals surface area contributed by atoms with Gasteiger partial charge in [-0.05, 0) is 48.7 Å². The molecule has 2 aromatic rings. The number of likely N-dealkylation sites (tertiary alicyclic amines) is 1. The molecule has 138 valence electrons. The summed E-state index contributed by atoms with van der Waals surface area (Å²) >= 11 is 5.84. The Bertz CT molecular complexity index is 865. The maximum Gasteiger partial charge on any atom is 0.246 e. The SMILES string of the molecule is O=C(/C=C/c1ccc(Cl)cc1)N1CCC(S(=O)(=O)Cc2ccco2)CC1. The van der Waals surface area contributed by atoms with Crippen LogP contribution in [0.3, 0.4) is 0 Å². The van der Waals surface area contributed by atoms with Crippen LogP contribution in [0.25, 0.3) is 6.08 Å². The molecule has 2 heterocycles. The molecule has 0 aliphatic carbocycles. The van der Waals surface area contributed by atoms with Crippen LogP contribution in [0.4, 0.5) is 0 Å². The average Bonchev–Trinajstić information content (AvgIpc) is 3.13. The standard InChI is InChI=1S/C19H20ClNO4S/c20-16-6-3-15(4-7-16)5-8-19(22)21-11-9-18(10-12-21)26(23,24)14-17-2-1-13-25-17/h1-8,13,18H,9-12,14H2/b8-5+. The van der Waals surface area contributed by atoms with Gasteiger partial charge < -0.3 is 9.32 Å². The first-order chi connectivity index (χ1) is 12.4. The molecule has 0 spiro atoms. The van der Waals surface area contributed by atoms with Crippen molar-refractivity contribution in [2.45, 2.75) is 23.8 Å². The van der Waals surface area contributed by atoms with Crippen molar-refractivity contribution in [1.82, 2.24) is 4.90 Å². The minimum absolute atomic E-state index is 0.0882. The topological polar surface area (TPSA) is 67.6 Å². The summed E-state index contributed by atoms with van der Waals surface area (Å²) in [4.78, 5) is 14.0. The molecular weight excluding hydrogens is 374 g/mol. The smallest absolute Gasteiger partial charge is 0.246 e. The van der Waals surface area contributed by atoms with Crippen molar-refractivity contribution >= 4 is 33.4 Å². The highest BCUT2D eigenvalue weighted by Gasteiger charge is 2.31. The van der Waals surface area contributed by atoms with Crippen molar-refractivity contribution in [1.29, 1.82) is 0 Å². The summed E-state index contributed by atoms with van der Waals surface area (Å²) in [5.74, 6) is 0.256. The van der Waals surface area contributed by atoms with E-state index in [0.29, 0.717) is 36.7 Å². The summed E-state index contributed by atoms with van der Waals surface area (Å²) in [5.41, 5.74) is 0.888. The molecule has 1 aliphatic rings. The minimum atomic E-state index is -3.28. The summed E-state index contributed by atoms with van der Waals surface area (Å²) in [7, 11) is -3.28. The van der Waals surface area contributed by atoms with E-state index in [1.807, 2.05) is 12.1 Å². The molecule has 1 aromatic carbocycles. The van der Waals surface area contributed by atoms with Gasteiger partial charge in [0, 0.05) is 24.2 Å². The molecule has 1 amide bonds. The number of hydrogen-bond acceptors (Lipinski definition) is 4. The maximum absolute atomic E-state index is 12.5. The predicted octanol–water partition coefficient (Wildman–Crippen LogP) is 3.55. The summed E-state index contributed by atoms with van der Waals surface area (Å²) in [6.45, 7) is 0.873. The first-order valence-electron chi connectivity index (χ1n) is 8.40. The van der Waals surface area contributed by atoms with Gasteiger partial charge in [-0.1, -0.05) is 23.7 Å². The van der Waals surface area contributed by atoms with Gasteiger partial charge in [0.2, 0.25) is 5.91 Å². The Morgan fingerprint density at radius 3 is 2.50 bits per heavy atom. The number of piperidine rings is 1. The van der Waals surface area contributed by atoms with E-state index in [2.05, 4.69) is 0 Å². The molecule has 1 aliphatic heterocycles. The number of benzene rings is 1. The third-order valence-electron chi connectivity index (χ3n) is 4.47. The number of amides is 1. The van der Waals surface area contributed by atoms with Gasteiger partial charge in [0.15, 0.2) is 9.84 Å². The molecule has 0 radical (unpaired) electrons. The van der Waals surface area contributed by atoms with Crippen LogP contribution in [-0.2, 0) is 20.4 Å². The molecular formula is C19H20ClNO4S. The lowest BCUT2D eigenvalue weighted by Crippen LogP contribution is -2.42. The Labute approximate surface area is 158 Å². The first-order valence-corrected chi connectivity index (χ1v) is 10.5. The lowest BCUT2D eigenvalue weighted by Gasteiger charge is -2.31. The molecule has 0 bridgehead atoms. The van der Waals surface area contributed by atoms with Gasteiger partial charge in [-0.15, -0.1) is 0 Å². The molecule has 1 fully saturated rings. The number of sulfone groups is 1. The average molecular weight is 394 g/mol. The van der Waals surface area contributed by atoms with E-state index < -0.39 is 15.1 Å². The zero-order valence-corrected chi connectivity index (χ0v) is 15.7. The Morgan fingerprint density at radius 1 is 1.19 bits per heavy atom. The molecule has 26 heavy (non-hydrogen) atoms. The van der Waals surface area contributed by atoms with Gasteiger partial charge in [-0.25, -0.2) is 8.42 Å². The van der Waals surface area contributed by atoms with E-state index >= 15 is 0 Å². The number of furan rings is 1. The Balaban J connectivity index is 1.54. The Kier molecular flexibility index (Phi) is 5.84. The van der Waals surface area contributed by atoms with E-state index in [9.17, 15) is 13.2 Å². The highest BCUT2D eigenvalue weighted by molar-refractivity contribution is 7.91. The van der Waals surface area contributed by atoms with E-state index in [4.69, 9.17) is 16.0 Å². The first kappa shape index (κ1) is 18.7. The number of carbonyl (C=O) groups excluding carboxylic acids is 1. The van der Waals surface area contributed by atoms with Gasteiger partial charge in [0.1, 0.15) is 11.5 Å². The molecule has 1 aromatic heterocycles. The largest absolute Gasteiger partial charge is 0.468 e. The van der Waals surface area contributed by atoms with Crippen LogP contribution in [0.1, 0.15) is 24.2 Å². The molecule has 0 saturated carbocycles. The summed E-state index contributed by atoms with van der Waals surface area (Å²) < 4.78 is 30.1. The second-order valence-electron chi connectivity index (χ2n) is 6.30. The van der Waals surface area contributed by atoms with E-state index in [-0.39, 0.29) is 11.7 Å². The zero-order chi connectivity index (χ0) is 18.6. The number of rotatable bonds is 5. The van der Waals surface area contributed by atoms with Crippen molar-refractivity contribution in [3.05, 3.63) is 65.1 Å². The number of halogens is 1. The van der Waals surface area contributed by atoms with Crippen molar-refractivity contribution < 1.29 is 17.6 Å². The molecule has 1 saturated heterocycles. The normalized spacial score (nSPS) is 16.3. The van der Waals surface area contributed by atoms with Crippen LogP contribution >= 0.6 is 11.6 Å². The molecule has 3 rings (SSSR count).